The molecule has 1 amide bonds. The Morgan fingerprint density at radius 1 is 1.12 bits per heavy atom. The van der Waals surface area contributed by atoms with Gasteiger partial charge in [0.1, 0.15) is 5.60 Å². The van der Waals surface area contributed by atoms with Gasteiger partial charge in [0.25, 0.3) is 0 Å². The van der Waals surface area contributed by atoms with Crippen molar-refractivity contribution in [3.05, 3.63) is 59.1 Å². The summed E-state index contributed by atoms with van der Waals surface area (Å²) in [7, 11) is 2.10. The molecule has 170 valence electrons. The van der Waals surface area contributed by atoms with Gasteiger partial charge in [-0.25, -0.2) is 9.78 Å². The summed E-state index contributed by atoms with van der Waals surface area (Å²) in [6, 6.07) is 16.5. The zero-order valence-electron chi connectivity index (χ0n) is 19.2. The Hall–Kier alpha value is -2.73. The molecule has 2 heterocycles. The number of aromatic nitrogens is 2. The maximum atomic E-state index is 12.4. The maximum Gasteiger partial charge on any atom is 0.410 e. The molecule has 0 saturated carbocycles. The highest BCUT2D eigenvalue weighted by Gasteiger charge is 2.30. The first kappa shape index (κ1) is 22.5. The second kappa shape index (κ2) is 9.02. The molecule has 6 nitrogen and oxygen atoms in total. The van der Waals surface area contributed by atoms with Crippen molar-refractivity contribution in [1.82, 2.24) is 14.5 Å². The number of ether oxygens (including phenoxy) is 1. The lowest BCUT2D eigenvalue weighted by Crippen LogP contribution is -2.47. The highest BCUT2D eigenvalue weighted by atomic mass is 35.5. The van der Waals surface area contributed by atoms with Crippen LogP contribution in [0.2, 0.25) is 5.02 Å². The summed E-state index contributed by atoms with van der Waals surface area (Å²) in [5.41, 5.74) is 2.79. The van der Waals surface area contributed by atoms with E-state index in [2.05, 4.69) is 40.8 Å². The number of halogens is 1. The fraction of sp³-hybridized carbons (Fsp3) is 0.440. The Bertz CT molecular complexity index is 1080. The van der Waals surface area contributed by atoms with Gasteiger partial charge in [-0.1, -0.05) is 35.9 Å². The predicted octanol–water partition coefficient (Wildman–Crippen LogP) is 5.57. The van der Waals surface area contributed by atoms with Crippen LogP contribution in [0, 0.1) is 0 Å². The van der Waals surface area contributed by atoms with E-state index in [1.807, 2.05) is 49.9 Å². The molecular formula is C25H31ClN4O2. The Kier molecular flexibility index (Phi) is 6.33. The van der Waals surface area contributed by atoms with Crippen molar-refractivity contribution < 1.29 is 9.53 Å². The molecule has 4 rings (SSSR count). The monoisotopic (exact) mass is 454 g/mol. The molecule has 32 heavy (non-hydrogen) atoms. The summed E-state index contributed by atoms with van der Waals surface area (Å²) in [5, 5.41) is 0.735. The zero-order chi connectivity index (χ0) is 22.9. The second-order valence-corrected chi connectivity index (χ2v) is 9.86. The van der Waals surface area contributed by atoms with Crippen LogP contribution in [0.15, 0.2) is 48.5 Å². The minimum absolute atomic E-state index is 0.228. The Labute approximate surface area is 194 Å². The van der Waals surface area contributed by atoms with Crippen LogP contribution in [-0.2, 0) is 11.3 Å². The van der Waals surface area contributed by atoms with Crippen molar-refractivity contribution in [2.75, 3.05) is 25.0 Å². The molecule has 3 aromatic rings. The molecule has 0 N–H and O–H groups in total. The van der Waals surface area contributed by atoms with E-state index >= 15 is 0 Å². The molecule has 0 aliphatic carbocycles. The van der Waals surface area contributed by atoms with E-state index in [-0.39, 0.29) is 6.09 Å². The van der Waals surface area contributed by atoms with Crippen molar-refractivity contribution in [3.63, 3.8) is 0 Å². The number of piperidine rings is 1. The number of carbonyl (C=O) groups excluding carboxylic acids is 1. The van der Waals surface area contributed by atoms with E-state index in [0.717, 1.165) is 34.8 Å². The smallest absolute Gasteiger partial charge is 0.410 e. The van der Waals surface area contributed by atoms with Gasteiger partial charge in [0.2, 0.25) is 5.95 Å². The third-order valence-corrected chi connectivity index (χ3v) is 6.12. The van der Waals surface area contributed by atoms with Gasteiger partial charge < -0.3 is 19.1 Å². The highest BCUT2D eigenvalue weighted by molar-refractivity contribution is 6.30. The van der Waals surface area contributed by atoms with Crippen LogP contribution in [0.3, 0.4) is 0 Å². The van der Waals surface area contributed by atoms with Gasteiger partial charge in [-0.3, -0.25) is 0 Å². The van der Waals surface area contributed by atoms with Gasteiger partial charge >= 0.3 is 6.09 Å². The number of amides is 1. The average molecular weight is 455 g/mol. The van der Waals surface area contributed by atoms with E-state index in [1.54, 1.807) is 0 Å². The first-order chi connectivity index (χ1) is 15.2. The Morgan fingerprint density at radius 3 is 2.44 bits per heavy atom. The number of anilines is 1. The van der Waals surface area contributed by atoms with E-state index in [0.29, 0.717) is 25.7 Å². The van der Waals surface area contributed by atoms with Crippen LogP contribution in [0.4, 0.5) is 10.7 Å². The fourth-order valence-electron chi connectivity index (χ4n) is 4.19. The van der Waals surface area contributed by atoms with E-state index in [9.17, 15) is 4.79 Å². The standard InChI is InChI=1S/C25H31ClN4O2/c1-25(2,3)32-24(31)29-15-13-20(14-16-29)28(4)23-27-21-7-5-6-8-22(21)30(23)17-18-9-11-19(26)12-10-18/h5-12,20H,13-17H2,1-4H3. The summed E-state index contributed by atoms with van der Waals surface area (Å²) in [4.78, 5) is 21.5. The van der Waals surface area contributed by atoms with Crippen LogP contribution >= 0.6 is 11.6 Å². The lowest BCUT2D eigenvalue weighted by molar-refractivity contribution is 0.0205. The zero-order valence-corrected chi connectivity index (χ0v) is 20.0. The SMILES string of the molecule is CN(c1nc2ccccc2n1Cc1ccc(Cl)cc1)C1CCN(C(=O)OC(C)(C)C)CC1. The molecule has 0 unspecified atom stereocenters. The number of nitrogens with zero attached hydrogens (tertiary/aromatic N) is 4. The number of carbonyl (C=O) groups is 1. The number of hydrogen-bond donors (Lipinski definition) is 0. The number of fused-ring (bicyclic) bond motifs is 1. The largest absolute Gasteiger partial charge is 0.444 e. The first-order valence-corrected chi connectivity index (χ1v) is 11.5. The number of hydrogen-bond acceptors (Lipinski definition) is 4. The molecule has 1 aliphatic heterocycles. The van der Waals surface area contributed by atoms with Crippen LogP contribution < -0.4 is 4.90 Å². The van der Waals surface area contributed by atoms with E-state index < -0.39 is 5.60 Å². The van der Waals surface area contributed by atoms with Gasteiger partial charge in [0.15, 0.2) is 0 Å². The number of imidazole rings is 1. The normalized spacial score (nSPS) is 15.2. The number of benzene rings is 2. The van der Waals surface area contributed by atoms with Crippen molar-refractivity contribution in [3.8, 4) is 0 Å². The highest BCUT2D eigenvalue weighted by Crippen LogP contribution is 2.28. The van der Waals surface area contributed by atoms with Crippen molar-refractivity contribution in [1.29, 1.82) is 0 Å². The summed E-state index contributed by atoms with van der Waals surface area (Å²) >= 11 is 6.08. The summed E-state index contributed by atoms with van der Waals surface area (Å²) < 4.78 is 7.80. The van der Waals surface area contributed by atoms with Gasteiger partial charge in [-0.15, -0.1) is 0 Å². The summed E-state index contributed by atoms with van der Waals surface area (Å²) in [6.45, 7) is 7.78. The molecule has 7 heteroatoms. The molecule has 0 radical (unpaired) electrons. The molecule has 0 atom stereocenters. The molecule has 2 aromatic carbocycles. The molecule has 1 aromatic heterocycles. The number of rotatable bonds is 4. The second-order valence-electron chi connectivity index (χ2n) is 9.42. The fourth-order valence-corrected chi connectivity index (χ4v) is 4.31. The maximum absolute atomic E-state index is 12.4. The van der Waals surface area contributed by atoms with Crippen LogP contribution in [0.5, 0.6) is 0 Å². The van der Waals surface area contributed by atoms with E-state index in [1.165, 1.54) is 5.56 Å². The first-order valence-electron chi connectivity index (χ1n) is 11.1. The van der Waals surface area contributed by atoms with Crippen molar-refractivity contribution >= 4 is 34.7 Å². The quantitative estimate of drug-likeness (QED) is 0.516. The number of likely N-dealkylation sites (tertiary alicyclic amines) is 1. The topological polar surface area (TPSA) is 50.6 Å². The Morgan fingerprint density at radius 2 is 1.78 bits per heavy atom. The lowest BCUT2D eigenvalue weighted by atomic mass is 10.0. The Balaban J connectivity index is 1.53. The molecular weight excluding hydrogens is 424 g/mol. The van der Waals surface area contributed by atoms with Crippen LogP contribution in [-0.4, -0.2) is 52.3 Å². The van der Waals surface area contributed by atoms with Crippen molar-refractivity contribution in [2.45, 2.75) is 51.8 Å². The van der Waals surface area contributed by atoms with Crippen molar-refractivity contribution in [2.24, 2.45) is 0 Å². The lowest BCUT2D eigenvalue weighted by Gasteiger charge is -2.37. The average Bonchev–Trinajstić information content (AvgIpc) is 3.12. The summed E-state index contributed by atoms with van der Waals surface area (Å²) in [6.07, 6.45) is 1.52. The summed E-state index contributed by atoms with van der Waals surface area (Å²) in [5.74, 6) is 0.942. The minimum atomic E-state index is -0.475. The van der Waals surface area contributed by atoms with Gasteiger partial charge in [0, 0.05) is 31.2 Å². The molecule has 0 bridgehead atoms. The minimum Gasteiger partial charge on any atom is -0.444 e. The van der Waals surface area contributed by atoms with E-state index in [4.69, 9.17) is 21.3 Å². The molecule has 1 saturated heterocycles. The predicted molar refractivity (Wildman–Crippen MR) is 130 cm³/mol. The van der Waals surface area contributed by atoms with Gasteiger partial charge in [-0.2, -0.15) is 0 Å². The van der Waals surface area contributed by atoms with Crippen LogP contribution in [0.1, 0.15) is 39.2 Å². The van der Waals surface area contributed by atoms with Crippen LogP contribution in [0.25, 0.3) is 11.0 Å². The molecule has 0 spiro atoms. The van der Waals surface area contributed by atoms with Gasteiger partial charge in [0.05, 0.1) is 17.6 Å². The molecule has 1 aliphatic rings. The van der Waals surface area contributed by atoms with Gasteiger partial charge in [-0.05, 0) is 63.4 Å². The third kappa shape index (κ3) is 5.01. The molecule has 1 fully saturated rings. The third-order valence-electron chi connectivity index (χ3n) is 5.87. The number of para-hydroxylation sites is 2.